The van der Waals surface area contributed by atoms with E-state index < -0.39 is 0 Å². The van der Waals surface area contributed by atoms with Gasteiger partial charge in [0.15, 0.2) is 0 Å². The number of nitrogens with zero attached hydrogens (tertiary/aromatic N) is 1. The van der Waals surface area contributed by atoms with E-state index in [1.165, 1.54) is 0 Å². The third-order valence-corrected chi connectivity index (χ3v) is 3.76. The molecule has 2 rings (SSSR count). The lowest BCUT2D eigenvalue weighted by Gasteiger charge is -2.21. The van der Waals surface area contributed by atoms with Gasteiger partial charge in [0.05, 0.1) is 0 Å². The molecule has 0 radical (unpaired) electrons. The lowest BCUT2D eigenvalue weighted by Crippen LogP contribution is -2.35. The Hall–Kier alpha value is -1.62. The Balaban J connectivity index is 2.13. The number of aryl methyl sites for hydroxylation is 1. The van der Waals surface area contributed by atoms with Crippen molar-refractivity contribution in [2.24, 2.45) is 5.92 Å². The van der Waals surface area contributed by atoms with Crippen LogP contribution in [0, 0.1) is 5.92 Å². The quantitative estimate of drug-likeness (QED) is 0.855. The number of fused-ring (bicyclic) bond motifs is 1. The van der Waals surface area contributed by atoms with Gasteiger partial charge in [-0.25, -0.2) is 0 Å². The summed E-state index contributed by atoms with van der Waals surface area (Å²) in [5.74, 6) is 0.326. The molecule has 20 heavy (non-hydrogen) atoms. The van der Waals surface area contributed by atoms with E-state index in [1.807, 2.05) is 19.0 Å². The van der Waals surface area contributed by atoms with Gasteiger partial charge in [-0.05, 0) is 50.9 Å². The lowest BCUT2D eigenvalue weighted by molar-refractivity contribution is 0.0949. The number of amides is 1. The number of aromatic nitrogens is 1. The van der Waals surface area contributed by atoms with Crippen molar-refractivity contribution in [3.63, 3.8) is 0 Å². The predicted molar refractivity (Wildman–Crippen MR) is 79.1 cm³/mol. The first-order valence-corrected chi connectivity index (χ1v) is 7.15. The molecule has 1 heterocycles. The molecule has 0 fully saturated rings. The van der Waals surface area contributed by atoms with Gasteiger partial charge in [-0.3, -0.25) is 9.59 Å². The fourth-order valence-corrected chi connectivity index (χ4v) is 2.54. The second-order valence-corrected chi connectivity index (χ2v) is 5.92. The first-order valence-electron chi connectivity index (χ1n) is 7.15. The molecule has 0 saturated carbocycles. The van der Waals surface area contributed by atoms with Crippen molar-refractivity contribution in [3.05, 3.63) is 33.2 Å². The number of pyridine rings is 1. The van der Waals surface area contributed by atoms with E-state index in [1.54, 1.807) is 6.07 Å². The topological polar surface area (TPSA) is 65.2 Å². The Morgan fingerprint density at radius 2 is 2.25 bits per heavy atom. The van der Waals surface area contributed by atoms with Crippen LogP contribution in [-0.2, 0) is 12.8 Å². The summed E-state index contributed by atoms with van der Waals surface area (Å²) in [7, 11) is 3.89. The molecule has 2 N–H and O–H groups in total. The Kier molecular flexibility index (Phi) is 4.60. The third kappa shape index (κ3) is 3.48. The van der Waals surface area contributed by atoms with Crippen molar-refractivity contribution < 1.29 is 4.79 Å². The molecule has 0 aliphatic heterocycles. The van der Waals surface area contributed by atoms with Gasteiger partial charge in [0.1, 0.15) is 5.56 Å². The fourth-order valence-electron chi connectivity index (χ4n) is 2.54. The summed E-state index contributed by atoms with van der Waals surface area (Å²) in [6.45, 7) is 3.50. The third-order valence-electron chi connectivity index (χ3n) is 3.76. The molecular formula is C15H23N3O2. The maximum Gasteiger partial charge on any atom is 0.261 e. The number of nitrogens with one attached hydrogen (secondary N) is 2. The normalized spacial score (nSPS) is 17.9. The van der Waals surface area contributed by atoms with E-state index >= 15 is 0 Å². The standard InChI is InChI=1S/C15H23N3O2/c1-10-4-5-13-11(8-10)9-12(15(20)17-13)14(19)16-6-7-18(2)3/h9-10H,4-8H2,1-3H3,(H,16,19)(H,17,20). The zero-order valence-electron chi connectivity index (χ0n) is 12.5. The Labute approximate surface area is 119 Å². The number of rotatable bonds is 4. The number of H-pyrrole nitrogens is 1. The predicted octanol–water partition coefficient (Wildman–Crippen LogP) is 0.791. The highest BCUT2D eigenvalue weighted by Gasteiger charge is 2.19. The van der Waals surface area contributed by atoms with E-state index in [2.05, 4.69) is 17.2 Å². The largest absolute Gasteiger partial charge is 0.351 e. The summed E-state index contributed by atoms with van der Waals surface area (Å²) < 4.78 is 0. The first kappa shape index (κ1) is 14.8. The highest BCUT2D eigenvalue weighted by atomic mass is 16.2. The van der Waals surface area contributed by atoms with Crippen LogP contribution in [0.3, 0.4) is 0 Å². The van der Waals surface area contributed by atoms with E-state index in [0.29, 0.717) is 12.5 Å². The number of carbonyl (C=O) groups excluding carboxylic acids is 1. The van der Waals surface area contributed by atoms with E-state index in [0.717, 1.165) is 37.1 Å². The molecule has 5 heteroatoms. The van der Waals surface area contributed by atoms with Gasteiger partial charge in [-0.2, -0.15) is 0 Å². The Morgan fingerprint density at radius 3 is 2.95 bits per heavy atom. The smallest absolute Gasteiger partial charge is 0.261 e. The van der Waals surface area contributed by atoms with Gasteiger partial charge >= 0.3 is 0 Å². The van der Waals surface area contributed by atoms with Crippen molar-refractivity contribution in [1.29, 1.82) is 0 Å². The Bertz CT molecular complexity index is 549. The summed E-state index contributed by atoms with van der Waals surface area (Å²) in [6, 6.07) is 1.77. The van der Waals surface area contributed by atoms with Crippen LogP contribution >= 0.6 is 0 Å². The molecule has 0 aromatic carbocycles. The zero-order valence-corrected chi connectivity index (χ0v) is 12.5. The molecule has 1 unspecified atom stereocenters. The summed E-state index contributed by atoms with van der Waals surface area (Å²) in [6.07, 6.45) is 2.93. The Morgan fingerprint density at radius 1 is 1.50 bits per heavy atom. The van der Waals surface area contributed by atoms with Crippen LogP contribution in [0.2, 0.25) is 0 Å². The number of carbonyl (C=O) groups is 1. The SMILES string of the molecule is CC1CCc2[nH]c(=O)c(C(=O)NCCN(C)C)cc2C1. The molecule has 1 aliphatic rings. The van der Waals surface area contributed by atoms with Gasteiger partial charge < -0.3 is 15.2 Å². The van der Waals surface area contributed by atoms with Crippen molar-refractivity contribution >= 4 is 5.91 Å². The fraction of sp³-hybridized carbons (Fsp3) is 0.600. The van der Waals surface area contributed by atoms with Crippen LogP contribution in [0.15, 0.2) is 10.9 Å². The summed E-state index contributed by atoms with van der Waals surface area (Å²) in [5.41, 5.74) is 2.07. The van der Waals surface area contributed by atoms with Crippen LogP contribution in [0.25, 0.3) is 0 Å². The van der Waals surface area contributed by atoms with Gasteiger partial charge in [-0.1, -0.05) is 6.92 Å². The average molecular weight is 277 g/mol. The minimum absolute atomic E-state index is 0.233. The summed E-state index contributed by atoms with van der Waals surface area (Å²) in [4.78, 5) is 28.9. The van der Waals surface area contributed by atoms with E-state index in [4.69, 9.17) is 0 Å². The lowest BCUT2D eigenvalue weighted by atomic mass is 9.87. The minimum atomic E-state index is -0.283. The van der Waals surface area contributed by atoms with Crippen molar-refractivity contribution in [2.45, 2.75) is 26.2 Å². The monoisotopic (exact) mass is 277 g/mol. The van der Waals surface area contributed by atoms with Gasteiger partial charge in [-0.15, -0.1) is 0 Å². The van der Waals surface area contributed by atoms with Gasteiger partial charge in [0.2, 0.25) is 0 Å². The average Bonchev–Trinajstić information content (AvgIpc) is 2.38. The van der Waals surface area contributed by atoms with Crippen LogP contribution in [0.5, 0.6) is 0 Å². The molecular weight excluding hydrogens is 254 g/mol. The van der Waals surface area contributed by atoms with E-state index in [9.17, 15) is 9.59 Å². The number of aromatic amines is 1. The number of hydrogen-bond donors (Lipinski definition) is 2. The van der Waals surface area contributed by atoms with Crippen molar-refractivity contribution in [1.82, 2.24) is 15.2 Å². The maximum absolute atomic E-state index is 12.1. The number of hydrogen-bond acceptors (Lipinski definition) is 3. The highest BCUT2D eigenvalue weighted by Crippen LogP contribution is 2.23. The highest BCUT2D eigenvalue weighted by molar-refractivity contribution is 5.94. The van der Waals surface area contributed by atoms with Crippen LogP contribution in [0.1, 0.15) is 35.0 Å². The molecule has 0 saturated heterocycles. The van der Waals surface area contributed by atoms with E-state index in [-0.39, 0.29) is 17.0 Å². The molecule has 1 atom stereocenters. The number of likely N-dealkylation sites (N-methyl/N-ethyl adjacent to an activating group) is 1. The minimum Gasteiger partial charge on any atom is -0.351 e. The second kappa shape index (κ2) is 6.22. The van der Waals surface area contributed by atoms with Crippen LogP contribution < -0.4 is 10.9 Å². The molecule has 5 nitrogen and oxygen atoms in total. The van der Waals surface area contributed by atoms with Gasteiger partial charge in [0.25, 0.3) is 11.5 Å². The summed E-state index contributed by atoms with van der Waals surface area (Å²) >= 11 is 0. The van der Waals surface area contributed by atoms with Crippen LogP contribution in [-0.4, -0.2) is 43.0 Å². The molecule has 110 valence electrons. The molecule has 0 bridgehead atoms. The second-order valence-electron chi connectivity index (χ2n) is 5.92. The summed E-state index contributed by atoms with van der Waals surface area (Å²) in [5, 5.41) is 2.79. The van der Waals surface area contributed by atoms with Crippen molar-refractivity contribution in [3.8, 4) is 0 Å². The first-order chi connectivity index (χ1) is 9.47. The molecule has 1 aliphatic carbocycles. The molecule has 1 aromatic heterocycles. The van der Waals surface area contributed by atoms with Crippen molar-refractivity contribution in [2.75, 3.05) is 27.2 Å². The van der Waals surface area contributed by atoms with Gasteiger partial charge in [0, 0.05) is 18.8 Å². The maximum atomic E-state index is 12.1. The molecule has 1 aromatic rings. The van der Waals surface area contributed by atoms with Crippen LogP contribution in [0.4, 0.5) is 0 Å². The zero-order chi connectivity index (χ0) is 14.7. The molecule has 0 spiro atoms. The molecule has 1 amide bonds.